The number of fused-ring (bicyclic) bond motifs is 1. The standard InChI is InChI=1S/C20H20FN2O8P/c1-4-13-8-23(19(26)22-17(13)25)18-15(24)7-20(21,30-18)10-29-32(27)28-9-14-6-11(2)5-12(3)16(14)31-32/h1,5-6,8,15,18,24H,7,9-10H2,2-3H3,(H,22,25,26)/t15-,18-,20+,32?/m1/s1. The lowest BCUT2D eigenvalue weighted by Gasteiger charge is -2.28. The van der Waals surface area contributed by atoms with Crippen LogP contribution in [-0.2, 0) is 25.0 Å². The van der Waals surface area contributed by atoms with Crippen LogP contribution in [0.15, 0.2) is 27.9 Å². The summed E-state index contributed by atoms with van der Waals surface area (Å²) in [5.41, 5.74) is 0.423. The van der Waals surface area contributed by atoms with Crippen LogP contribution in [0.5, 0.6) is 5.75 Å². The lowest BCUT2D eigenvalue weighted by molar-refractivity contribution is -0.179. The van der Waals surface area contributed by atoms with E-state index in [1.807, 2.05) is 24.0 Å². The second kappa shape index (κ2) is 7.99. The van der Waals surface area contributed by atoms with Crippen LogP contribution >= 0.6 is 7.82 Å². The van der Waals surface area contributed by atoms with E-state index in [9.17, 15) is 19.3 Å². The number of aromatic nitrogens is 2. The molecule has 1 aromatic heterocycles. The van der Waals surface area contributed by atoms with E-state index in [2.05, 4.69) is 5.92 Å². The molecule has 32 heavy (non-hydrogen) atoms. The number of hydrogen-bond donors (Lipinski definition) is 2. The first-order valence-electron chi connectivity index (χ1n) is 9.58. The minimum atomic E-state index is -4.17. The van der Waals surface area contributed by atoms with Crippen LogP contribution < -0.4 is 15.8 Å². The predicted octanol–water partition coefficient (Wildman–Crippen LogP) is 1.81. The zero-order valence-corrected chi connectivity index (χ0v) is 18.1. The molecule has 0 aliphatic carbocycles. The lowest BCUT2D eigenvalue weighted by Crippen LogP contribution is -2.37. The largest absolute Gasteiger partial charge is 0.530 e. The molecule has 3 heterocycles. The number of halogens is 1. The van der Waals surface area contributed by atoms with Gasteiger partial charge in [-0.05, 0) is 19.4 Å². The summed E-state index contributed by atoms with van der Waals surface area (Å²) in [5, 5.41) is 10.3. The first-order chi connectivity index (χ1) is 15.0. The molecule has 4 rings (SSSR count). The number of phosphoric ester groups is 1. The quantitative estimate of drug-likeness (QED) is 0.516. The van der Waals surface area contributed by atoms with Crippen molar-refractivity contribution in [3.05, 3.63) is 61.4 Å². The number of H-pyrrole nitrogens is 1. The van der Waals surface area contributed by atoms with E-state index >= 15 is 4.39 Å². The van der Waals surface area contributed by atoms with Crippen molar-refractivity contribution in [3.63, 3.8) is 0 Å². The first kappa shape index (κ1) is 22.5. The number of aliphatic hydroxyl groups is 1. The number of alkyl halides is 1. The van der Waals surface area contributed by atoms with Gasteiger partial charge in [-0.15, -0.1) is 6.42 Å². The zero-order chi connectivity index (χ0) is 23.3. The average Bonchev–Trinajstić information content (AvgIpc) is 3.02. The fourth-order valence-electron chi connectivity index (χ4n) is 3.67. The normalized spacial score (nSPS) is 29.2. The van der Waals surface area contributed by atoms with Crippen molar-refractivity contribution in [1.29, 1.82) is 0 Å². The Morgan fingerprint density at radius 2 is 2.19 bits per heavy atom. The zero-order valence-electron chi connectivity index (χ0n) is 17.2. The number of nitrogens with zero attached hydrogens (tertiary/aromatic N) is 1. The van der Waals surface area contributed by atoms with Crippen molar-refractivity contribution in [3.8, 4) is 18.1 Å². The van der Waals surface area contributed by atoms with Crippen molar-refractivity contribution < 1.29 is 32.4 Å². The second-order valence-corrected chi connectivity index (χ2v) is 9.27. The summed E-state index contributed by atoms with van der Waals surface area (Å²) in [7, 11) is -4.17. The van der Waals surface area contributed by atoms with Crippen LogP contribution in [-0.4, -0.2) is 33.2 Å². The van der Waals surface area contributed by atoms with Crippen LogP contribution in [0.4, 0.5) is 4.39 Å². The van der Waals surface area contributed by atoms with Crippen molar-refractivity contribution in [2.24, 2.45) is 0 Å². The Labute approximate surface area is 181 Å². The van der Waals surface area contributed by atoms with E-state index < -0.39 is 50.3 Å². The molecular formula is C20H20FN2O8P. The van der Waals surface area contributed by atoms with Gasteiger partial charge in [0.2, 0.25) is 5.85 Å². The van der Waals surface area contributed by atoms with E-state index in [0.29, 0.717) is 11.3 Å². The first-order valence-corrected chi connectivity index (χ1v) is 11.0. The SMILES string of the molecule is C#Cc1cn([C@@H]2O[C@](F)(COP3(=O)OCc4cc(C)cc(C)c4O3)C[C@H]2O)c(=O)[nH]c1=O. The van der Waals surface area contributed by atoms with Crippen LogP contribution in [0.2, 0.25) is 0 Å². The van der Waals surface area contributed by atoms with Crippen LogP contribution in [0, 0.1) is 26.2 Å². The number of aliphatic hydroxyl groups excluding tert-OH is 1. The summed E-state index contributed by atoms with van der Waals surface area (Å²) in [6, 6.07) is 3.65. The Hall–Kier alpha value is -2.74. The molecule has 12 heteroatoms. The minimum Gasteiger partial charge on any atom is -0.403 e. The molecule has 1 aromatic carbocycles. The van der Waals surface area contributed by atoms with Crippen LogP contribution in [0.3, 0.4) is 0 Å². The highest BCUT2D eigenvalue weighted by molar-refractivity contribution is 7.49. The molecule has 1 unspecified atom stereocenters. The number of rotatable bonds is 4. The van der Waals surface area contributed by atoms with Gasteiger partial charge < -0.3 is 14.4 Å². The van der Waals surface area contributed by atoms with Gasteiger partial charge in [0, 0.05) is 18.2 Å². The number of hydrogen-bond acceptors (Lipinski definition) is 8. The molecule has 0 amide bonds. The molecule has 0 bridgehead atoms. The van der Waals surface area contributed by atoms with Gasteiger partial charge in [0.25, 0.3) is 5.56 Å². The molecule has 2 N–H and O–H groups in total. The van der Waals surface area contributed by atoms with Crippen molar-refractivity contribution in [2.45, 2.75) is 45.1 Å². The van der Waals surface area contributed by atoms with Crippen molar-refractivity contribution in [1.82, 2.24) is 9.55 Å². The topological polar surface area (TPSA) is 129 Å². The molecule has 2 aromatic rings. The number of phosphoric acid groups is 1. The average molecular weight is 466 g/mol. The molecule has 1 fully saturated rings. The third-order valence-corrected chi connectivity index (χ3v) is 6.38. The van der Waals surface area contributed by atoms with Gasteiger partial charge in [-0.25, -0.2) is 13.8 Å². The van der Waals surface area contributed by atoms with Gasteiger partial charge in [0.05, 0.1) is 6.61 Å². The summed E-state index contributed by atoms with van der Waals surface area (Å²) in [6.45, 7) is 2.70. The van der Waals surface area contributed by atoms with E-state index in [-0.39, 0.29) is 12.2 Å². The number of aryl methyl sites for hydroxylation is 2. The summed E-state index contributed by atoms with van der Waals surface area (Å²) >= 11 is 0. The van der Waals surface area contributed by atoms with Crippen LogP contribution in [0.1, 0.15) is 34.9 Å². The van der Waals surface area contributed by atoms with Gasteiger partial charge in [-0.1, -0.05) is 23.6 Å². The molecule has 170 valence electrons. The molecule has 2 aliphatic heterocycles. The van der Waals surface area contributed by atoms with Gasteiger partial charge in [0.15, 0.2) is 6.23 Å². The van der Waals surface area contributed by atoms with Gasteiger partial charge in [-0.2, -0.15) is 0 Å². The Bertz CT molecular complexity index is 1280. The number of aromatic amines is 1. The summed E-state index contributed by atoms with van der Waals surface area (Å²) in [4.78, 5) is 25.7. The van der Waals surface area contributed by atoms with E-state index in [1.54, 1.807) is 6.92 Å². The van der Waals surface area contributed by atoms with Crippen LogP contribution in [0.25, 0.3) is 0 Å². The summed E-state index contributed by atoms with van der Waals surface area (Å²) in [5.74, 6) is -0.202. The third kappa shape index (κ3) is 4.16. The Morgan fingerprint density at radius 1 is 1.44 bits per heavy atom. The van der Waals surface area contributed by atoms with Gasteiger partial charge in [-0.3, -0.25) is 23.4 Å². The maximum Gasteiger partial charge on any atom is 0.530 e. The van der Waals surface area contributed by atoms with Gasteiger partial charge in [0.1, 0.15) is 24.0 Å². The Kier molecular flexibility index (Phi) is 5.61. The Balaban J connectivity index is 1.50. The predicted molar refractivity (Wildman–Crippen MR) is 109 cm³/mol. The van der Waals surface area contributed by atoms with E-state index in [1.165, 1.54) is 0 Å². The smallest absolute Gasteiger partial charge is 0.403 e. The van der Waals surface area contributed by atoms with E-state index in [0.717, 1.165) is 21.9 Å². The molecular weight excluding hydrogens is 446 g/mol. The monoisotopic (exact) mass is 466 g/mol. The number of nitrogens with one attached hydrogen (secondary N) is 1. The highest BCUT2D eigenvalue weighted by Gasteiger charge is 2.50. The highest BCUT2D eigenvalue weighted by Crippen LogP contribution is 2.56. The minimum absolute atomic E-state index is 0.0534. The molecule has 2 aliphatic rings. The molecule has 10 nitrogen and oxygen atoms in total. The number of terminal acetylenes is 1. The summed E-state index contributed by atoms with van der Waals surface area (Å²) < 4.78 is 49.9. The Morgan fingerprint density at radius 3 is 2.91 bits per heavy atom. The second-order valence-electron chi connectivity index (χ2n) is 7.67. The third-order valence-electron chi connectivity index (χ3n) is 5.09. The van der Waals surface area contributed by atoms with Gasteiger partial charge >= 0.3 is 13.5 Å². The maximum atomic E-state index is 15.3. The molecule has 0 spiro atoms. The molecule has 0 saturated carbocycles. The maximum absolute atomic E-state index is 15.3. The molecule has 1 saturated heterocycles. The lowest BCUT2D eigenvalue weighted by atomic mass is 10.1. The fourth-order valence-corrected chi connectivity index (χ4v) is 4.99. The number of ether oxygens (including phenoxy) is 1. The van der Waals surface area contributed by atoms with Crippen molar-refractivity contribution in [2.75, 3.05) is 6.61 Å². The van der Waals surface area contributed by atoms with E-state index in [4.69, 9.17) is 24.7 Å². The summed E-state index contributed by atoms with van der Waals surface area (Å²) in [6.07, 6.45) is 2.60. The molecule has 0 radical (unpaired) electrons. The number of benzene rings is 1. The highest BCUT2D eigenvalue weighted by atomic mass is 31.2. The fraction of sp³-hybridized carbons (Fsp3) is 0.400. The molecule has 4 atom stereocenters. The van der Waals surface area contributed by atoms with Crippen molar-refractivity contribution >= 4 is 7.82 Å².